The smallest absolute Gasteiger partial charge is 0.242 e. The summed E-state index contributed by atoms with van der Waals surface area (Å²) in [6.45, 7) is 8.21. The molecular weight excluding hydrogens is 474 g/mol. The number of hydrogen-bond donors (Lipinski definition) is 1. The van der Waals surface area contributed by atoms with Crippen molar-refractivity contribution in [2.45, 2.75) is 53.1 Å². The van der Waals surface area contributed by atoms with Gasteiger partial charge in [0.05, 0.1) is 11.9 Å². The fraction of sp³-hybridized carbons (Fsp3) is 0.440. The molecule has 2 amide bonds. The van der Waals surface area contributed by atoms with Crippen molar-refractivity contribution >= 4 is 39.1 Å². The molecule has 0 aliphatic rings. The molecule has 2 rings (SSSR count). The van der Waals surface area contributed by atoms with Crippen molar-refractivity contribution in [3.05, 3.63) is 64.2 Å². The molecule has 0 radical (unpaired) electrons. The maximum Gasteiger partial charge on any atom is 0.242 e. The normalized spacial score (nSPS) is 12.2. The van der Waals surface area contributed by atoms with E-state index in [1.54, 1.807) is 25.1 Å². The summed E-state index contributed by atoms with van der Waals surface area (Å²) in [5.41, 5.74) is 3.34. The van der Waals surface area contributed by atoms with Gasteiger partial charge in [0.15, 0.2) is 0 Å². The van der Waals surface area contributed by atoms with Crippen molar-refractivity contribution in [1.29, 1.82) is 0 Å². The van der Waals surface area contributed by atoms with Crippen LogP contribution in [0.15, 0.2) is 42.5 Å². The highest BCUT2D eigenvalue weighted by molar-refractivity contribution is 7.92. The third kappa shape index (κ3) is 7.46. The van der Waals surface area contributed by atoms with Crippen LogP contribution in [0, 0.1) is 13.8 Å². The molecule has 0 saturated heterocycles. The molecule has 0 saturated carbocycles. The highest BCUT2D eigenvalue weighted by Gasteiger charge is 2.26. The van der Waals surface area contributed by atoms with Crippen LogP contribution in [0.2, 0.25) is 5.02 Å². The Morgan fingerprint density at radius 3 is 2.32 bits per heavy atom. The molecular formula is C25H34ClN3O4S. The third-order valence-corrected chi connectivity index (χ3v) is 7.21. The van der Waals surface area contributed by atoms with Gasteiger partial charge in [0, 0.05) is 31.1 Å². The quantitative estimate of drug-likeness (QED) is 0.497. The van der Waals surface area contributed by atoms with Crippen LogP contribution in [-0.2, 0) is 26.2 Å². The molecule has 186 valence electrons. The lowest BCUT2D eigenvalue weighted by atomic mass is 10.1. The number of benzene rings is 2. The average molecular weight is 508 g/mol. The standard InChI is InChI=1S/C25H34ClN3O4S/c1-6-27-25(31)20(4)28(17-21-12-14-22(26)15-13-21)24(30)11-8-16-29(34(5,32)33)23-10-7-9-18(2)19(23)3/h7,9-10,12-15,20H,6,8,11,16-17H2,1-5H3,(H,27,31)/t20-/m0/s1. The van der Waals surface area contributed by atoms with Crippen molar-refractivity contribution in [3.8, 4) is 0 Å². The number of sulfonamides is 1. The van der Waals surface area contributed by atoms with Crippen LogP contribution in [0.25, 0.3) is 0 Å². The van der Waals surface area contributed by atoms with Crippen LogP contribution in [-0.4, -0.2) is 50.5 Å². The van der Waals surface area contributed by atoms with E-state index in [4.69, 9.17) is 11.6 Å². The summed E-state index contributed by atoms with van der Waals surface area (Å²) in [5.74, 6) is -0.457. The molecule has 0 fully saturated rings. The van der Waals surface area contributed by atoms with E-state index in [1.165, 1.54) is 15.5 Å². The van der Waals surface area contributed by atoms with Gasteiger partial charge in [0.1, 0.15) is 6.04 Å². The summed E-state index contributed by atoms with van der Waals surface area (Å²) in [4.78, 5) is 27.2. The Hall–Kier alpha value is -2.58. The number of carbonyl (C=O) groups is 2. The van der Waals surface area contributed by atoms with Gasteiger partial charge in [-0.25, -0.2) is 8.42 Å². The minimum atomic E-state index is -3.53. The van der Waals surface area contributed by atoms with Gasteiger partial charge < -0.3 is 10.2 Å². The van der Waals surface area contributed by atoms with Crippen LogP contribution in [0.4, 0.5) is 5.69 Å². The highest BCUT2D eigenvalue weighted by atomic mass is 35.5. The first-order chi connectivity index (χ1) is 16.0. The SMILES string of the molecule is CCNC(=O)[C@H](C)N(Cc1ccc(Cl)cc1)C(=O)CCCN(c1cccc(C)c1C)S(C)(=O)=O. The molecule has 0 aromatic heterocycles. The maximum absolute atomic E-state index is 13.2. The third-order valence-electron chi connectivity index (χ3n) is 5.78. The van der Waals surface area contributed by atoms with Crippen molar-refractivity contribution in [2.75, 3.05) is 23.7 Å². The van der Waals surface area contributed by atoms with Crippen LogP contribution < -0.4 is 9.62 Å². The summed E-state index contributed by atoms with van der Waals surface area (Å²) >= 11 is 5.97. The van der Waals surface area contributed by atoms with Crippen molar-refractivity contribution in [2.24, 2.45) is 0 Å². The molecule has 2 aromatic carbocycles. The zero-order chi connectivity index (χ0) is 25.5. The van der Waals surface area contributed by atoms with Gasteiger partial charge in [0.2, 0.25) is 21.8 Å². The number of likely N-dealkylation sites (N-methyl/N-ethyl adjacent to an activating group) is 1. The van der Waals surface area contributed by atoms with E-state index in [1.807, 2.05) is 45.0 Å². The summed E-state index contributed by atoms with van der Waals surface area (Å²) < 4.78 is 26.4. The van der Waals surface area contributed by atoms with Gasteiger partial charge in [0.25, 0.3) is 0 Å². The van der Waals surface area contributed by atoms with Gasteiger partial charge in [-0.05, 0) is 69.0 Å². The monoisotopic (exact) mass is 507 g/mol. The number of aryl methyl sites for hydroxylation is 1. The first-order valence-electron chi connectivity index (χ1n) is 11.3. The number of nitrogens with zero attached hydrogens (tertiary/aromatic N) is 2. The minimum absolute atomic E-state index is 0.105. The van der Waals surface area contributed by atoms with E-state index < -0.39 is 16.1 Å². The van der Waals surface area contributed by atoms with Gasteiger partial charge in [-0.15, -0.1) is 0 Å². The van der Waals surface area contributed by atoms with Crippen LogP contribution in [0.3, 0.4) is 0 Å². The topological polar surface area (TPSA) is 86.8 Å². The number of hydrogen-bond acceptors (Lipinski definition) is 4. The number of nitrogens with one attached hydrogen (secondary N) is 1. The Bertz CT molecular complexity index is 1100. The molecule has 9 heteroatoms. The van der Waals surface area contributed by atoms with E-state index in [2.05, 4.69) is 5.32 Å². The van der Waals surface area contributed by atoms with Crippen LogP contribution >= 0.6 is 11.6 Å². The molecule has 7 nitrogen and oxygen atoms in total. The van der Waals surface area contributed by atoms with Gasteiger partial charge in [-0.1, -0.05) is 35.9 Å². The van der Waals surface area contributed by atoms with E-state index in [-0.39, 0.29) is 31.3 Å². The lowest BCUT2D eigenvalue weighted by Gasteiger charge is -2.29. The summed E-state index contributed by atoms with van der Waals surface area (Å²) in [7, 11) is -3.53. The number of anilines is 1. The van der Waals surface area contributed by atoms with Gasteiger partial charge in [-0.2, -0.15) is 0 Å². The van der Waals surface area contributed by atoms with Crippen molar-refractivity contribution < 1.29 is 18.0 Å². The summed E-state index contributed by atoms with van der Waals surface area (Å²) in [6, 6.07) is 12.0. The first-order valence-corrected chi connectivity index (χ1v) is 13.5. The molecule has 1 atom stereocenters. The first kappa shape index (κ1) is 27.7. The van der Waals surface area contributed by atoms with Crippen LogP contribution in [0.1, 0.15) is 43.4 Å². The fourth-order valence-corrected chi connectivity index (χ4v) is 4.82. The number of rotatable bonds is 11. The Balaban J connectivity index is 2.18. The Labute approximate surface area is 208 Å². The highest BCUT2D eigenvalue weighted by Crippen LogP contribution is 2.25. The second-order valence-electron chi connectivity index (χ2n) is 8.38. The molecule has 0 spiro atoms. The summed E-state index contributed by atoms with van der Waals surface area (Å²) in [6.07, 6.45) is 1.59. The zero-order valence-corrected chi connectivity index (χ0v) is 22.0. The van der Waals surface area contributed by atoms with E-state index in [0.717, 1.165) is 16.7 Å². The Kier molecular flexibility index (Phi) is 9.94. The number of carbonyl (C=O) groups excluding carboxylic acids is 2. The van der Waals surface area contributed by atoms with Gasteiger partial charge in [-0.3, -0.25) is 13.9 Å². The maximum atomic E-state index is 13.2. The van der Waals surface area contributed by atoms with Crippen molar-refractivity contribution in [1.82, 2.24) is 10.2 Å². The predicted octanol–water partition coefficient (Wildman–Crippen LogP) is 4.06. The molecule has 2 aromatic rings. The molecule has 1 N–H and O–H groups in total. The zero-order valence-electron chi connectivity index (χ0n) is 20.5. The number of halogens is 1. The fourth-order valence-electron chi connectivity index (χ4n) is 3.68. The van der Waals surface area contributed by atoms with E-state index in [0.29, 0.717) is 23.7 Å². The molecule has 34 heavy (non-hydrogen) atoms. The summed E-state index contributed by atoms with van der Waals surface area (Å²) in [5, 5.41) is 3.35. The predicted molar refractivity (Wildman–Crippen MR) is 137 cm³/mol. The second-order valence-corrected chi connectivity index (χ2v) is 10.7. The lowest BCUT2D eigenvalue weighted by molar-refractivity contribution is -0.140. The second kappa shape index (κ2) is 12.2. The lowest BCUT2D eigenvalue weighted by Crippen LogP contribution is -2.47. The van der Waals surface area contributed by atoms with Crippen molar-refractivity contribution in [3.63, 3.8) is 0 Å². The molecule has 0 aliphatic carbocycles. The van der Waals surface area contributed by atoms with Gasteiger partial charge >= 0.3 is 0 Å². The average Bonchev–Trinajstić information content (AvgIpc) is 2.77. The van der Waals surface area contributed by atoms with E-state index in [9.17, 15) is 18.0 Å². The molecule has 0 bridgehead atoms. The van der Waals surface area contributed by atoms with Crippen LogP contribution in [0.5, 0.6) is 0 Å². The number of amides is 2. The minimum Gasteiger partial charge on any atom is -0.355 e. The molecule has 0 aliphatic heterocycles. The van der Waals surface area contributed by atoms with E-state index >= 15 is 0 Å². The molecule has 0 unspecified atom stereocenters. The Morgan fingerprint density at radius 2 is 1.74 bits per heavy atom. The largest absolute Gasteiger partial charge is 0.355 e. The Morgan fingerprint density at radius 1 is 1.09 bits per heavy atom. The molecule has 0 heterocycles.